The zero-order valence-corrected chi connectivity index (χ0v) is 18.7. The first-order valence-corrected chi connectivity index (χ1v) is 11.9. The maximum Gasteiger partial charge on any atom is 0.268 e. The van der Waals surface area contributed by atoms with Crippen molar-refractivity contribution in [3.05, 3.63) is 53.3 Å². The van der Waals surface area contributed by atoms with Gasteiger partial charge in [-0.1, -0.05) is 30.7 Å². The van der Waals surface area contributed by atoms with Crippen molar-refractivity contribution in [2.24, 2.45) is 7.05 Å². The number of aryl methyl sites for hydroxylation is 1. The summed E-state index contributed by atoms with van der Waals surface area (Å²) in [5.74, 6) is -0.304. The van der Waals surface area contributed by atoms with Crippen molar-refractivity contribution in [3.8, 4) is 0 Å². The monoisotopic (exact) mass is 433 g/mol. The first-order chi connectivity index (χ1) is 14.3. The molecule has 1 aliphatic heterocycles. The first kappa shape index (κ1) is 22.5. The lowest BCUT2D eigenvalue weighted by atomic mass is 10.1. The molecule has 3 rings (SSSR count). The molecule has 2 aromatic rings. The number of hydrogen-bond acceptors (Lipinski definition) is 4. The van der Waals surface area contributed by atoms with Crippen molar-refractivity contribution < 1.29 is 17.9 Å². The predicted molar refractivity (Wildman–Crippen MR) is 116 cm³/mol. The van der Waals surface area contributed by atoms with Crippen molar-refractivity contribution in [2.45, 2.75) is 57.3 Å². The predicted octanol–water partition coefficient (Wildman–Crippen LogP) is 3.05. The highest BCUT2D eigenvalue weighted by molar-refractivity contribution is 7.89. The van der Waals surface area contributed by atoms with Gasteiger partial charge in [0.25, 0.3) is 5.91 Å². The Morgan fingerprint density at radius 1 is 1.13 bits per heavy atom. The molecule has 8 heteroatoms. The fraction of sp³-hybridized carbons (Fsp3) is 0.500. The molecule has 0 radical (unpaired) electrons. The fourth-order valence-electron chi connectivity index (χ4n) is 3.52. The second kappa shape index (κ2) is 9.76. The number of nitrogens with one attached hydrogen (secondary N) is 1. The van der Waals surface area contributed by atoms with Crippen LogP contribution >= 0.6 is 0 Å². The molecule has 1 aromatic heterocycles. The van der Waals surface area contributed by atoms with Crippen LogP contribution in [-0.2, 0) is 35.0 Å². The van der Waals surface area contributed by atoms with Crippen LogP contribution in [0.4, 0.5) is 0 Å². The third-order valence-electron chi connectivity index (χ3n) is 5.19. The normalized spacial score (nSPS) is 15.5. The van der Waals surface area contributed by atoms with Crippen molar-refractivity contribution in [2.75, 3.05) is 13.1 Å². The molecule has 0 atom stereocenters. The topological polar surface area (TPSA) is 80.6 Å². The molecule has 0 bridgehead atoms. The number of aromatic nitrogens is 1. The van der Waals surface area contributed by atoms with Crippen LogP contribution in [0.2, 0.25) is 0 Å². The number of sulfonamides is 1. The van der Waals surface area contributed by atoms with Crippen LogP contribution in [0, 0.1) is 0 Å². The summed E-state index contributed by atoms with van der Waals surface area (Å²) in [7, 11) is -1.88. The summed E-state index contributed by atoms with van der Waals surface area (Å²) in [6.07, 6.45) is 4.48. The first-order valence-electron chi connectivity index (χ1n) is 10.4. The Bertz CT molecular complexity index is 976. The average Bonchev–Trinajstić information content (AvgIpc) is 3.14. The van der Waals surface area contributed by atoms with E-state index < -0.39 is 10.0 Å². The van der Waals surface area contributed by atoms with Crippen molar-refractivity contribution >= 4 is 15.9 Å². The minimum atomic E-state index is -3.56. The third kappa shape index (κ3) is 5.50. The number of rotatable bonds is 8. The summed E-state index contributed by atoms with van der Waals surface area (Å²) in [6.45, 7) is 5.93. The smallest absolute Gasteiger partial charge is 0.268 e. The molecule has 164 valence electrons. The van der Waals surface area contributed by atoms with Gasteiger partial charge in [-0.15, -0.1) is 0 Å². The van der Waals surface area contributed by atoms with Gasteiger partial charge < -0.3 is 14.6 Å². The molecule has 2 heterocycles. The van der Waals surface area contributed by atoms with Crippen molar-refractivity contribution in [1.29, 1.82) is 0 Å². The average molecular weight is 434 g/mol. The van der Waals surface area contributed by atoms with Crippen LogP contribution < -0.4 is 5.32 Å². The Balaban J connectivity index is 1.66. The number of piperidine rings is 1. The SMILES string of the molecule is CC(C)OCc1cccc(CNC(=O)c2cc(S(=O)(=O)N3CCCCC3)cn2C)c1. The van der Waals surface area contributed by atoms with Crippen molar-refractivity contribution in [1.82, 2.24) is 14.2 Å². The summed E-state index contributed by atoms with van der Waals surface area (Å²) >= 11 is 0. The standard InChI is InChI=1S/C22H31N3O4S/c1-17(2)29-16-19-9-7-8-18(12-19)14-23-22(26)21-13-20(15-24(21)3)30(27,28)25-10-5-4-6-11-25/h7-9,12-13,15,17H,4-6,10-11,14,16H2,1-3H3,(H,23,26). The highest BCUT2D eigenvalue weighted by Gasteiger charge is 2.28. The van der Waals surface area contributed by atoms with Gasteiger partial charge in [-0.05, 0) is 43.9 Å². The minimum Gasteiger partial charge on any atom is -0.374 e. The Kier molecular flexibility index (Phi) is 7.33. The van der Waals surface area contributed by atoms with Gasteiger partial charge in [0, 0.05) is 32.9 Å². The number of hydrogen-bond donors (Lipinski definition) is 1. The lowest BCUT2D eigenvalue weighted by Crippen LogP contribution is -2.35. The van der Waals surface area contributed by atoms with E-state index in [1.807, 2.05) is 38.1 Å². The molecular formula is C22H31N3O4S. The van der Waals surface area contributed by atoms with Gasteiger partial charge in [-0.2, -0.15) is 4.31 Å². The number of ether oxygens (including phenoxy) is 1. The van der Waals surface area contributed by atoms with E-state index in [-0.39, 0.29) is 16.9 Å². The molecule has 1 saturated heterocycles. The van der Waals surface area contributed by atoms with Crippen LogP contribution in [0.15, 0.2) is 41.4 Å². The molecule has 7 nitrogen and oxygen atoms in total. The zero-order valence-electron chi connectivity index (χ0n) is 17.9. The molecule has 0 unspecified atom stereocenters. The fourth-order valence-corrected chi connectivity index (χ4v) is 5.11. The lowest BCUT2D eigenvalue weighted by Gasteiger charge is -2.25. The molecule has 1 aromatic carbocycles. The van der Waals surface area contributed by atoms with E-state index in [0.717, 1.165) is 30.4 Å². The highest BCUT2D eigenvalue weighted by Crippen LogP contribution is 2.22. The van der Waals surface area contributed by atoms with Crippen LogP contribution in [-0.4, -0.2) is 42.4 Å². The lowest BCUT2D eigenvalue weighted by molar-refractivity contribution is 0.0657. The second-order valence-corrected chi connectivity index (χ2v) is 9.94. The number of carbonyl (C=O) groups is 1. The molecule has 1 fully saturated rings. The highest BCUT2D eigenvalue weighted by atomic mass is 32.2. The van der Waals surface area contributed by atoms with E-state index in [4.69, 9.17) is 4.74 Å². The molecule has 1 N–H and O–H groups in total. The van der Waals surface area contributed by atoms with E-state index in [9.17, 15) is 13.2 Å². The van der Waals surface area contributed by atoms with E-state index in [1.54, 1.807) is 11.6 Å². The van der Waals surface area contributed by atoms with Crippen LogP contribution in [0.25, 0.3) is 0 Å². The third-order valence-corrected chi connectivity index (χ3v) is 7.06. The molecule has 0 aliphatic carbocycles. The van der Waals surface area contributed by atoms with Crippen LogP contribution in [0.3, 0.4) is 0 Å². The summed E-state index contributed by atoms with van der Waals surface area (Å²) in [6, 6.07) is 9.33. The molecule has 30 heavy (non-hydrogen) atoms. The van der Waals surface area contributed by atoms with Crippen molar-refractivity contribution in [3.63, 3.8) is 0 Å². The van der Waals surface area contributed by atoms with Gasteiger partial charge >= 0.3 is 0 Å². The van der Waals surface area contributed by atoms with E-state index in [0.29, 0.717) is 31.9 Å². The van der Waals surface area contributed by atoms with E-state index in [2.05, 4.69) is 5.32 Å². The number of amides is 1. The zero-order chi connectivity index (χ0) is 21.7. The quantitative estimate of drug-likeness (QED) is 0.694. The maximum atomic E-state index is 12.9. The van der Waals surface area contributed by atoms with Gasteiger partial charge in [0.15, 0.2) is 0 Å². The molecule has 0 saturated carbocycles. The summed E-state index contributed by atoms with van der Waals surface area (Å²) in [5, 5.41) is 2.88. The Morgan fingerprint density at radius 2 is 1.83 bits per heavy atom. The second-order valence-electron chi connectivity index (χ2n) is 8.00. The van der Waals surface area contributed by atoms with Gasteiger partial charge in [-0.25, -0.2) is 8.42 Å². The maximum absolute atomic E-state index is 12.9. The summed E-state index contributed by atoms with van der Waals surface area (Å²) < 4.78 is 34.4. The Hall–Kier alpha value is -2.16. The number of nitrogens with zero attached hydrogens (tertiary/aromatic N) is 2. The van der Waals surface area contributed by atoms with Gasteiger partial charge in [0.2, 0.25) is 10.0 Å². The summed E-state index contributed by atoms with van der Waals surface area (Å²) in [4.78, 5) is 12.9. The van der Waals surface area contributed by atoms with E-state index >= 15 is 0 Å². The van der Waals surface area contributed by atoms with E-state index in [1.165, 1.54) is 16.6 Å². The van der Waals surface area contributed by atoms with Gasteiger partial charge in [-0.3, -0.25) is 4.79 Å². The Labute approximate surface area is 179 Å². The molecular weight excluding hydrogens is 402 g/mol. The van der Waals surface area contributed by atoms with Gasteiger partial charge in [0.1, 0.15) is 10.6 Å². The largest absolute Gasteiger partial charge is 0.374 e. The summed E-state index contributed by atoms with van der Waals surface area (Å²) in [5.41, 5.74) is 2.33. The number of benzene rings is 1. The molecule has 1 aliphatic rings. The van der Waals surface area contributed by atoms with Crippen LogP contribution in [0.5, 0.6) is 0 Å². The molecule has 0 spiro atoms. The van der Waals surface area contributed by atoms with Gasteiger partial charge in [0.05, 0.1) is 12.7 Å². The number of carbonyl (C=O) groups excluding carboxylic acids is 1. The Morgan fingerprint density at radius 3 is 2.53 bits per heavy atom. The minimum absolute atomic E-state index is 0.154. The molecule has 1 amide bonds. The van der Waals surface area contributed by atoms with Crippen LogP contribution in [0.1, 0.15) is 54.7 Å².